The summed E-state index contributed by atoms with van der Waals surface area (Å²) in [5.74, 6) is -1.36. The summed E-state index contributed by atoms with van der Waals surface area (Å²) in [4.78, 5) is 42.0. The molecule has 0 bridgehead atoms. The molecule has 10 nitrogen and oxygen atoms in total. The van der Waals surface area contributed by atoms with Crippen LogP contribution in [0.1, 0.15) is 11.1 Å². The Morgan fingerprint density at radius 1 is 1.13 bits per heavy atom. The summed E-state index contributed by atoms with van der Waals surface area (Å²) in [5.41, 5.74) is -1.29. The van der Waals surface area contributed by atoms with E-state index < -0.39 is 29.1 Å². The van der Waals surface area contributed by atoms with Crippen molar-refractivity contribution in [3.05, 3.63) is 80.5 Å². The van der Waals surface area contributed by atoms with Gasteiger partial charge in [-0.3, -0.25) is 14.8 Å². The monoisotopic (exact) mass is 425 g/mol. The Morgan fingerprint density at radius 3 is 2.35 bits per heavy atom. The Hall–Kier alpha value is -4.34. The first kappa shape index (κ1) is 21.4. The zero-order chi connectivity index (χ0) is 22.5. The number of phenols is 1. The number of aromatic hydroxyl groups is 2. The lowest BCUT2D eigenvalue weighted by molar-refractivity contribution is -0.138. The molecule has 0 saturated carbocycles. The highest BCUT2D eigenvalue weighted by Crippen LogP contribution is 2.19. The van der Waals surface area contributed by atoms with Crippen LogP contribution in [0.5, 0.6) is 17.4 Å². The number of H-pyrrole nitrogens is 1. The van der Waals surface area contributed by atoms with Crippen molar-refractivity contribution < 1.29 is 24.9 Å². The van der Waals surface area contributed by atoms with Crippen LogP contribution in [0, 0.1) is 0 Å². The predicted octanol–water partition coefficient (Wildman–Crippen LogP) is 1.06. The van der Waals surface area contributed by atoms with Crippen LogP contribution < -0.4 is 16.0 Å². The zero-order valence-electron chi connectivity index (χ0n) is 16.3. The summed E-state index contributed by atoms with van der Waals surface area (Å²) in [6.07, 6.45) is 0.912. The third-order valence-corrected chi connectivity index (χ3v) is 4.49. The second-order valence-corrected chi connectivity index (χ2v) is 6.53. The lowest BCUT2D eigenvalue weighted by Gasteiger charge is -2.11. The van der Waals surface area contributed by atoms with E-state index in [1.165, 1.54) is 31.4 Å². The van der Waals surface area contributed by atoms with Gasteiger partial charge in [-0.25, -0.2) is 14.2 Å². The van der Waals surface area contributed by atoms with Crippen LogP contribution >= 0.6 is 0 Å². The van der Waals surface area contributed by atoms with Crippen molar-refractivity contribution in [2.75, 3.05) is 7.11 Å². The Kier molecular flexibility index (Phi) is 6.20. The third-order valence-electron chi connectivity index (χ3n) is 4.49. The molecule has 0 fully saturated rings. The molecule has 1 unspecified atom stereocenters. The van der Waals surface area contributed by atoms with Crippen LogP contribution in [-0.4, -0.2) is 50.2 Å². The highest BCUT2D eigenvalue weighted by molar-refractivity contribution is 5.85. The van der Waals surface area contributed by atoms with Gasteiger partial charge in [0.15, 0.2) is 6.04 Å². The minimum absolute atomic E-state index is 0.0110. The summed E-state index contributed by atoms with van der Waals surface area (Å²) in [6.45, 7) is 0. The topological polar surface area (TPSA) is 154 Å². The van der Waals surface area contributed by atoms with Gasteiger partial charge in [-0.15, -0.1) is 0 Å². The number of benzene rings is 2. The number of carboxylic acid groups (broad SMARTS) is 1. The molecular formula is C21H19N3O7. The fourth-order valence-corrected chi connectivity index (χ4v) is 2.85. The molecule has 1 atom stereocenters. The molecule has 4 N–H and O–H groups in total. The van der Waals surface area contributed by atoms with Crippen LogP contribution in [0.4, 0.5) is 0 Å². The second kappa shape index (κ2) is 8.99. The Balaban J connectivity index is 1.98. The molecule has 31 heavy (non-hydrogen) atoms. The number of nitrogens with zero attached hydrogens (tertiary/aromatic N) is 2. The van der Waals surface area contributed by atoms with E-state index in [0.29, 0.717) is 11.3 Å². The predicted molar refractivity (Wildman–Crippen MR) is 112 cm³/mol. The number of carboxylic acids is 1. The van der Waals surface area contributed by atoms with Gasteiger partial charge < -0.3 is 20.1 Å². The molecule has 160 valence electrons. The van der Waals surface area contributed by atoms with Gasteiger partial charge in [-0.2, -0.15) is 0 Å². The van der Waals surface area contributed by atoms with Crippen molar-refractivity contribution in [2.24, 2.45) is 4.99 Å². The average molecular weight is 425 g/mol. The first-order valence-corrected chi connectivity index (χ1v) is 9.06. The molecule has 1 heterocycles. The van der Waals surface area contributed by atoms with Gasteiger partial charge in [0.2, 0.25) is 5.88 Å². The van der Waals surface area contributed by atoms with E-state index in [2.05, 4.69) is 9.98 Å². The maximum Gasteiger partial charge on any atom is 0.335 e. The van der Waals surface area contributed by atoms with Gasteiger partial charge in [0.25, 0.3) is 5.56 Å². The first-order chi connectivity index (χ1) is 14.8. The third kappa shape index (κ3) is 4.81. The van der Waals surface area contributed by atoms with Gasteiger partial charge >= 0.3 is 11.7 Å². The van der Waals surface area contributed by atoms with Gasteiger partial charge in [-0.05, 0) is 42.0 Å². The molecule has 0 aliphatic rings. The summed E-state index contributed by atoms with van der Waals surface area (Å²) in [7, 11) is 1.48. The molecular weight excluding hydrogens is 406 g/mol. The molecule has 3 rings (SSSR count). The number of carbonyl (C=O) groups is 1. The number of nitrogens with one attached hydrogen (secondary N) is 1. The van der Waals surface area contributed by atoms with Crippen molar-refractivity contribution in [3.8, 4) is 23.1 Å². The smallest absolute Gasteiger partial charge is 0.335 e. The molecule has 0 aliphatic carbocycles. The van der Waals surface area contributed by atoms with E-state index in [1.807, 2.05) is 0 Å². The van der Waals surface area contributed by atoms with E-state index in [4.69, 9.17) is 4.74 Å². The van der Waals surface area contributed by atoms with Gasteiger partial charge in [0.05, 0.1) is 12.8 Å². The molecule has 1 aromatic heterocycles. The number of hydrogen-bond acceptors (Lipinski definition) is 7. The SMILES string of the molecule is COc1ccc(-n2c(O)c(C=NC(Cc3ccc(O)cc3)C(=O)O)c(=O)[nH]c2=O)cc1. The van der Waals surface area contributed by atoms with E-state index in [1.54, 1.807) is 24.3 Å². The van der Waals surface area contributed by atoms with Gasteiger partial charge in [0.1, 0.15) is 17.1 Å². The number of hydrogen-bond donors (Lipinski definition) is 4. The summed E-state index contributed by atoms with van der Waals surface area (Å²) in [5, 5.41) is 29.3. The number of ether oxygens (including phenoxy) is 1. The summed E-state index contributed by atoms with van der Waals surface area (Å²) < 4.78 is 5.91. The van der Waals surface area contributed by atoms with Crippen LogP contribution in [0.3, 0.4) is 0 Å². The van der Waals surface area contributed by atoms with E-state index in [0.717, 1.165) is 10.8 Å². The minimum Gasteiger partial charge on any atom is -0.508 e. The maximum atomic E-state index is 12.2. The zero-order valence-corrected chi connectivity index (χ0v) is 16.3. The van der Waals surface area contributed by atoms with Crippen molar-refractivity contribution in [1.29, 1.82) is 0 Å². The molecule has 3 aromatic rings. The van der Waals surface area contributed by atoms with Crippen molar-refractivity contribution in [3.63, 3.8) is 0 Å². The highest BCUT2D eigenvalue weighted by atomic mass is 16.5. The number of phenolic OH excluding ortho intramolecular Hbond substituents is 1. The van der Waals surface area contributed by atoms with Gasteiger partial charge in [0, 0.05) is 12.6 Å². The standard InChI is InChI=1S/C21H19N3O7/c1-31-15-8-4-13(5-9-15)24-19(27)16(18(26)23-21(24)30)11-22-17(20(28)29)10-12-2-6-14(25)7-3-12/h2-9,11,17,25,27H,10H2,1H3,(H,28,29)(H,23,26,30). The molecule has 0 spiro atoms. The number of aromatic nitrogens is 2. The van der Waals surface area contributed by atoms with Crippen LogP contribution in [0.15, 0.2) is 63.1 Å². The number of aromatic amines is 1. The molecule has 0 saturated heterocycles. The highest BCUT2D eigenvalue weighted by Gasteiger charge is 2.19. The molecule has 10 heteroatoms. The summed E-state index contributed by atoms with van der Waals surface area (Å²) in [6, 6.07) is 10.8. The Labute approximate surface area is 175 Å². The maximum absolute atomic E-state index is 12.2. The van der Waals surface area contributed by atoms with Gasteiger partial charge in [-0.1, -0.05) is 12.1 Å². The number of aliphatic carboxylic acids is 1. The lowest BCUT2D eigenvalue weighted by Crippen LogP contribution is -2.31. The normalized spacial score (nSPS) is 12.0. The van der Waals surface area contributed by atoms with Crippen LogP contribution in [0.2, 0.25) is 0 Å². The first-order valence-electron chi connectivity index (χ1n) is 9.06. The molecule has 0 aliphatic heterocycles. The molecule has 2 aromatic carbocycles. The quantitative estimate of drug-likeness (QED) is 0.413. The van der Waals surface area contributed by atoms with Crippen molar-refractivity contribution >= 4 is 12.2 Å². The van der Waals surface area contributed by atoms with Crippen molar-refractivity contribution in [1.82, 2.24) is 9.55 Å². The largest absolute Gasteiger partial charge is 0.508 e. The average Bonchev–Trinajstić information content (AvgIpc) is 2.74. The van der Waals surface area contributed by atoms with Crippen LogP contribution in [0.25, 0.3) is 5.69 Å². The lowest BCUT2D eigenvalue weighted by atomic mass is 10.1. The number of aliphatic imine (C=N–C) groups is 1. The van der Waals surface area contributed by atoms with Crippen LogP contribution in [-0.2, 0) is 11.2 Å². The second-order valence-electron chi connectivity index (χ2n) is 6.53. The molecule has 0 radical (unpaired) electrons. The Morgan fingerprint density at radius 2 is 1.77 bits per heavy atom. The van der Waals surface area contributed by atoms with E-state index in [-0.39, 0.29) is 23.4 Å². The fourth-order valence-electron chi connectivity index (χ4n) is 2.85. The van der Waals surface area contributed by atoms with Crippen molar-refractivity contribution in [2.45, 2.75) is 12.5 Å². The van der Waals surface area contributed by atoms with E-state index >= 15 is 0 Å². The Bertz CT molecular complexity index is 1230. The minimum atomic E-state index is -1.26. The summed E-state index contributed by atoms with van der Waals surface area (Å²) >= 11 is 0. The number of methoxy groups -OCH3 is 1. The fraction of sp³-hybridized carbons (Fsp3) is 0.143. The molecule has 0 amide bonds. The number of rotatable bonds is 7. The van der Waals surface area contributed by atoms with E-state index in [9.17, 15) is 29.7 Å².